The molecule has 1 heterocycles. The molecule has 1 aromatic heterocycles. The number of nitrogens with one attached hydrogen (secondary N) is 1. The van der Waals surface area contributed by atoms with Crippen molar-refractivity contribution in [3.63, 3.8) is 0 Å². The molecule has 0 aliphatic carbocycles. The van der Waals surface area contributed by atoms with Gasteiger partial charge >= 0.3 is 0 Å². The minimum atomic E-state index is 0.852. The highest BCUT2D eigenvalue weighted by molar-refractivity contribution is 5.78. The lowest BCUT2D eigenvalue weighted by Crippen LogP contribution is -2.04. The van der Waals surface area contributed by atoms with Crippen molar-refractivity contribution in [3.8, 4) is 0 Å². The molecule has 0 bridgehead atoms. The van der Waals surface area contributed by atoms with Crippen LogP contribution in [0.1, 0.15) is 62.4 Å². The van der Waals surface area contributed by atoms with Crippen LogP contribution in [0.2, 0.25) is 0 Å². The predicted octanol–water partition coefficient (Wildman–Crippen LogP) is 7.27. The van der Waals surface area contributed by atoms with Crippen molar-refractivity contribution >= 4 is 11.3 Å². The number of hydrogen-bond donors (Lipinski definition) is 1. The highest BCUT2D eigenvalue weighted by Crippen LogP contribution is 2.26. The molecule has 0 saturated heterocycles. The van der Waals surface area contributed by atoms with E-state index in [9.17, 15) is 0 Å². The third-order valence-corrected chi connectivity index (χ3v) is 4.95. The first-order valence-corrected chi connectivity index (χ1v) is 10.3. The summed E-state index contributed by atoms with van der Waals surface area (Å²) in [6.07, 6.45) is 9.80. The first-order valence-electron chi connectivity index (χ1n) is 10.3. The van der Waals surface area contributed by atoms with E-state index < -0.39 is 0 Å². The molecule has 2 aromatic rings. The molecule has 2 heteroatoms. The van der Waals surface area contributed by atoms with Gasteiger partial charge in [-0.1, -0.05) is 58.0 Å². The molecule has 1 N–H and O–H groups in total. The lowest BCUT2D eigenvalue weighted by Gasteiger charge is -2.17. The second-order valence-corrected chi connectivity index (χ2v) is 7.46. The Morgan fingerprint density at radius 2 is 1.89 bits per heavy atom. The molecule has 0 saturated carbocycles. The van der Waals surface area contributed by atoms with Gasteiger partial charge in [0.25, 0.3) is 0 Å². The van der Waals surface area contributed by atoms with Gasteiger partial charge in [-0.2, -0.15) is 0 Å². The number of rotatable bonds is 10. The Hall–Kier alpha value is -2.61. The quantitative estimate of drug-likeness (QED) is 0.349. The van der Waals surface area contributed by atoms with E-state index in [4.69, 9.17) is 0 Å². The standard InChI is InChI=1S/C26H34N2/c1-7-9-10-13-23-22(8-2)12-11-14-26(23)28-21(6)17-24(19(3)4)25-16-15-20(5)18-27-25/h11-12,14-18,28H,3,6-10,13H2,1-2,4-5H3/b24-17+. The second kappa shape index (κ2) is 10.7. The number of benzene rings is 1. The number of hydrogen-bond acceptors (Lipinski definition) is 2. The summed E-state index contributed by atoms with van der Waals surface area (Å²) < 4.78 is 0. The van der Waals surface area contributed by atoms with Crippen LogP contribution < -0.4 is 5.32 Å². The van der Waals surface area contributed by atoms with Crippen LogP contribution in [0.4, 0.5) is 5.69 Å². The molecule has 0 unspecified atom stereocenters. The van der Waals surface area contributed by atoms with Gasteiger partial charge in [0, 0.05) is 23.2 Å². The van der Waals surface area contributed by atoms with Crippen molar-refractivity contribution in [2.45, 2.75) is 59.8 Å². The lowest BCUT2D eigenvalue weighted by molar-refractivity contribution is 0.714. The summed E-state index contributed by atoms with van der Waals surface area (Å²) in [6, 6.07) is 10.6. The molecule has 0 fully saturated rings. The molecule has 0 radical (unpaired) electrons. The smallest absolute Gasteiger partial charge is 0.0705 e. The van der Waals surface area contributed by atoms with Crippen molar-refractivity contribution in [1.82, 2.24) is 4.98 Å². The van der Waals surface area contributed by atoms with Gasteiger partial charge in [0.15, 0.2) is 0 Å². The van der Waals surface area contributed by atoms with Gasteiger partial charge < -0.3 is 5.32 Å². The Morgan fingerprint density at radius 1 is 1.11 bits per heavy atom. The third-order valence-electron chi connectivity index (χ3n) is 4.95. The summed E-state index contributed by atoms with van der Waals surface area (Å²) >= 11 is 0. The van der Waals surface area contributed by atoms with Crippen molar-refractivity contribution in [3.05, 3.63) is 89.4 Å². The maximum Gasteiger partial charge on any atom is 0.0705 e. The highest BCUT2D eigenvalue weighted by atomic mass is 14.9. The SMILES string of the molecule is C=C(/C=C(\C(=C)C)c1ccc(C)cn1)Nc1cccc(CC)c1CCCCC. The van der Waals surface area contributed by atoms with E-state index in [1.807, 2.05) is 26.1 Å². The van der Waals surface area contributed by atoms with Gasteiger partial charge in [-0.05, 0) is 73.6 Å². The molecular formula is C26H34N2. The van der Waals surface area contributed by atoms with Crippen LogP contribution in [-0.2, 0) is 12.8 Å². The number of aromatic nitrogens is 1. The number of anilines is 1. The normalized spacial score (nSPS) is 11.4. The maximum atomic E-state index is 4.56. The number of pyridine rings is 1. The fraction of sp³-hybridized carbons (Fsp3) is 0.346. The molecule has 0 atom stereocenters. The fourth-order valence-corrected chi connectivity index (χ4v) is 3.36. The van der Waals surface area contributed by atoms with E-state index in [-0.39, 0.29) is 0 Å². The van der Waals surface area contributed by atoms with Crippen LogP contribution in [0.15, 0.2) is 67.0 Å². The summed E-state index contributed by atoms with van der Waals surface area (Å²) in [7, 11) is 0. The Balaban J connectivity index is 2.28. The van der Waals surface area contributed by atoms with Gasteiger partial charge in [0.2, 0.25) is 0 Å². The summed E-state index contributed by atoms with van der Waals surface area (Å²) in [5.74, 6) is 0. The number of nitrogens with zero attached hydrogens (tertiary/aromatic N) is 1. The molecule has 0 aliphatic heterocycles. The Morgan fingerprint density at radius 3 is 2.50 bits per heavy atom. The summed E-state index contributed by atoms with van der Waals surface area (Å²) in [5.41, 5.74) is 8.90. The summed E-state index contributed by atoms with van der Waals surface area (Å²) in [6.45, 7) is 16.9. The minimum Gasteiger partial charge on any atom is -0.356 e. The van der Waals surface area contributed by atoms with Gasteiger partial charge in [0.05, 0.1) is 5.69 Å². The number of unbranched alkanes of at least 4 members (excludes halogenated alkanes) is 2. The van der Waals surface area contributed by atoms with Crippen molar-refractivity contribution in [2.75, 3.05) is 5.32 Å². The Bertz CT molecular complexity index is 841. The van der Waals surface area contributed by atoms with E-state index in [1.165, 1.54) is 30.4 Å². The largest absolute Gasteiger partial charge is 0.356 e. The van der Waals surface area contributed by atoms with E-state index in [0.29, 0.717) is 0 Å². The molecule has 2 rings (SSSR count). The van der Waals surface area contributed by atoms with E-state index in [2.05, 4.69) is 67.6 Å². The van der Waals surface area contributed by atoms with Gasteiger partial charge in [-0.25, -0.2) is 0 Å². The van der Waals surface area contributed by atoms with Crippen LogP contribution in [0.5, 0.6) is 0 Å². The highest BCUT2D eigenvalue weighted by Gasteiger charge is 2.09. The van der Waals surface area contributed by atoms with Crippen LogP contribution in [0.25, 0.3) is 5.57 Å². The van der Waals surface area contributed by atoms with Gasteiger partial charge in [0.1, 0.15) is 0 Å². The molecule has 2 nitrogen and oxygen atoms in total. The molecule has 1 aromatic carbocycles. The maximum absolute atomic E-state index is 4.56. The van der Waals surface area contributed by atoms with Gasteiger partial charge in [-0.3, -0.25) is 4.98 Å². The number of aryl methyl sites for hydroxylation is 2. The molecule has 0 amide bonds. The topological polar surface area (TPSA) is 24.9 Å². The van der Waals surface area contributed by atoms with Crippen molar-refractivity contribution < 1.29 is 0 Å². The average Bonchev–Trinajstić information content (AvgIpc) is 2.68. The van der Waals surface area contributed by atoms with E-state index in [1.54, 1.807) is 0 Å². The number of allylic oxidation sites excluding steroid dienone is 3. The zero-order valence-electron chi connectivity index (χ0n) is 17.9. The zero-order valence-corrected chi connectivity index (χ0v) is 17.9. The van der Waals surface area contributed by atoms with E-state index in [0.717, 1.165) is 46.6 Å². The Labute approximate surface area is 171 Å². The lowest BCUT2D eigenvalue weighted by atomic mass is 9.97. The van der Waals surface area contributed by atoms with Crippen LogP contribution >= 0.6 is 0 Å². The Kier molecular flexibility index (Phi) is 8.25. The van der Waals surface area contributed by atoms with Crippen molar-refractivity contribution in [2.24, 2.45) is 0 Å². The monoisotopic (exact) mass is 374 g/mol. The molecule has 28 heavy (non-hydrogen) atoms. The first kappa shape index (κ1) is 21.7. The fourth-order valence-electron chi connectivity index (χ4n) is 3.36. The zero-order chi connectivity index (χ0) is 20.5. The average molecular weight is 375 g/mol. The molecule has 148 valence electrons. The minimum absolute atomic E-state index is 0.852. The molecule has 0 spiro atoms. The van der Waals surface area contributed by atoms with E-state index >= 15 is 0 Å². The van der Waals surface area contributed by atoms with Crippen LogP contribution in [0.3, 0.4) is 0 Å². The predicted molar refractivity (Wildman–Crippen MR) is 124 cm³/mol. The molecule has 0 aliphatic rings. The van der Waals surface area contributed by atoms with Crippen LogP contribution in [-0.4, -0.2) is 4.98 Å². The van der Waals surface area contributed by atoms with Gasteiger partial charge in [-0.15, -0.1) is 0 Å². The summed E-state index contributed by atoms with van der Waals surface area (Å²) in [5, 5.41) is 3.54. The third kappa shape index (κ3) is 5.95. The summed E-state index contributed by atoms with van der Waals surface area (Å²) in [4.78, 5) is 4.56. The first-order chi connectivity index (χ1) is 13.5. The van der Waals surface area contributed by atoms with Crippen LogP contribution in [0, 0.1) is 6.92 Å². The van der Waals surface area contributed by atoms with Crippen molar-refractivity contribution in [1.29, 1.82) is 0 Å². The molecular weight excluding hydrogens is 340 g/mol. The second-order valence-electron chi connectivity index (χ2n) is 7.46.